The number of piperazine rings is 1. The molecule has 1 saturated heterocycles. The number of sulfonamides is 1. The molecule has 1 aliphatic heterocycles. The van der Waals surface area contributed by atoms with Crippen molar-refractivity contribution in [1.29, 1.82) is 0 Å². The lowest BCUT2D eigenvalue weighted by atomic mass is 10.2. The summed E-state index contributed by atoms with van der Waals surface area (Å²) in [5.41, 5.74) is 0.697. The van der Waals surface area contributed by atoms with Gasteiger partial charge in [-0.25, -0.2) is 17.6 Å². The molecule has 0 bridgehead atoms. The molecule has 1 aliphatic rings. The van der Waals surface area contributed by atoms with E-state index >= 15 is 0 Å². The summed E-state index contributed by atoms with van der Waals surface area (Å²) < 4.78 is 46.6. The van der Waals surface area contributed by atoms with Crippen LogP contribution in [0.5, 0.6) is 0 Å². The Morgan fingerprint density at radius 2 is 1.77 bits per heavy atom. The third kappa shape index (κ3) is 4.17. The Balaban J connectivity index is 1.42. The average molecular weight is 453 g/mol. The second kappa shape index (κ2) is 8.31. The van der Waals surface area contributed by atoms with Gasteiger partial charge in [0.05, 0.1) is 9.92 Å². The van der Waals surface area contributed by atoms with Crippen molar-refractivity contribution in [3.8, 4) is 11.5 Å². The monoisotopic (exact) mass is 452 g/mol. The highest BCUT2D eigenvalue weighted by atomic mass is 35.5. The van der Waals surface area contributed by atoms with Crippen LogP contribution in [0.4, 0.5) is 4.39 Å². The second-order valence-corrected chi connectivity index (χ2v) is 9.12. The summed E-state index contributed by atoms with van der Waals surface area (Å²) in [7, 11) is -3.78. The van der Waals surface area contributed by atoms with Crippen LogP contribution in [0.15, 0.2) is 62.6 Å². The number of hydrogen-bond acceptors (Lipinski definition) is 6. The molecule has 1 aromatic heterocycles. The van der Waals surface area contributed by atoms with E-state index in [1.54, 1.807) is 12.1 Å². The van der Waals surface area contributed by atoms with Gasteiger partial charge in [0.25, 0.3) is 0 Å². The van der Waals surface area contributed by atoms with Crippen molar-refractivity contribution < 1.29 is 17.2 Å². The van der Waals surface area contributed by atoms with Crippen LogP contribution < -0.4 is 5.76 Å². The predicted molar refractivity (Wildman–Crippen MR) is 108 cm³/mol. The second-order valence-electron chi connectivity index (χ2n) is 6.78. The molecule has 0 spiro atoms. The normalized spacial score (nSPS) is 16.1. The molecule has 0 amide bonds. The fourth-order valence-electron chi connectivity index (χ4n) is 3.18. The van der Waals surface area contributed by atoms with Gasteiger partial charge in [-0.05, 0) is 30.3 Å². The highest BCUT2D eigenvalue weighted by molar-refractivity contribution is 7.89. The van der Waals surface area contributed by atoms with Gasteiger partial charge in [0.2, 0.25) is 15.9 Å². The molecule has 0 saturated carbocycles. The lowest BCUT2D eigenvalue weighted by Crippen LogP contribution is -2.49. The first-order valence-electron chi connectivity index (χ1n) is 9.15. The summed E-state index contributed by atoms with van der Waals surface area (Å²) in [6, 6.07) is 12.4. The first-order chi connectivity index (χ1) is 14.3. The van der Waals surface area contributed by atoms with Gasteiger partial charge in [-0.15, -0.1) is 5.10 Å². The summed E-state index contributed by atoms with van der Waals surface area (Å²) in [5, 5.41) is 3.98. The van der Waals surface area contributed by atoms with E-state index in [9.17, 15) is 17.6 Å². The van der Waals surface area contributed by atoms with Crippen LogP contribution in [-0.4, -0.2) is 53.6 Å². The number of rotatable bonds is 5. The van der Waals surface area contributed by atoms with Crippen molar-refractivity contribution in [3.63, 3.8) is 0 Å². The van der Waals surface area contributed by atoms with Crippen LogP contribution in [0.1, 0.15) is 0 Å². The fourth-order valence-corrected chi connectivity index (χ4v) is 4.87. The van der Waals surface area contributed by atoms with Crippen molar-refractivity contribution in [2.24, 2.45) is 0 Å². The lowest BCUT2D eigenvalue weighted by Gasteiger charge is -2.33. The first kappa shape index (κ1) is 20.7. The SMILES string of the molecule is O=c1oc(-c2ccccc2)nn1CN1CCN(S(=O)(=O)c2ccc(F)c(Cl)c2)CC1. The predicted octanol–water partition coefficient (Wildman–Crippen LogP) is 2.26. The standard InChI is InChI=1S/C19H18ClFN4O4S/c20-16-12-15(6-7-17(16)21)30(27,28)24-10-8-23(9-11-24)13-25-19(26)29-18(22-25)14-4-2-1-3-5-14/h1-7,12H,8-11,13H2. The minimum atomic E-state index is -3.78. The Morgan fingerprint density at radius 3 is 2.43 bits per heavy atom. The number of halogens is 2. The number of benzene rings is 2. The molecule has 30 heavy (non-hydrogen) atoms. The maximum atomic E-state index is 13.3. The van der Waals surface area contributed by atoms with Crippen molar-refractivity contribution >= 4 is 21.6 Å². The van der Waals surface area contributed by atoms with Gasteiger partial charge in [-0.2, -0.15) is 8.99 Å². The minimum absolute atomic E-state index is 0.0532. The minimum Gasteiger partial charge on any atom is -0.388 e. The van der Waals surface area contributed by atoms with Crippen LogP contribution in [0.2, 0.25) is 5.02 Å². The van der Waals surface area contributed by atoms with E-state index < -0.39 is 21.6 Å². The number of nitrogens with zero attached hydrogens (tertiary/aromatic N) is 4. The van der Waals surface area contributed by atoms with Gasteiger partial charge >= 0.3 is 5.76 Å². The fraction of sp³-hybridized carbons (Fsp3) is 0.263. The first-order valence-corrected chi connectivity index (χ1v) is 11.0. The van der Waals surface area contributed by atoms with Crippen molar-refractivity contribution in [2.45, 2.75) is 11.6 Å². The van der Waals surface area contributed by atoms with Crippen molar-refractivity contribution in [2.75, 3.05) is 26.2 Å². The van der Waals surface area contributed by atoms with Crippen LogP contribution in [0.3, 0.4) is 0 Å². The highest BCUT2D eigenvalue weighted by Crippen LogP contribution is 2.23. The molecule has 11 heteroatoms. The van der Waals surface area contributed by atoms with Crippen molar-refractivity contribution in [3.05, 3.63) is 69.9 Å². The Labute approximate surface area is 177 Å². The molecule has 0 aliphatic carbocycles. The topological polar surface area (TPSA) is 88.7 Å². The molecule has 1 fully saturated rings. The number of aromatic nitrogens is 2. The smallest absolute Gasteiger partial charge is 0.388 e. The highest BCUT2D eigenvalue weighted by Gasteiger charge is 2.29. The van der Waals surface area contributed by atoms with E-state index in [-0.39, 0.29) is 35.6 Å². The summed E-state index contributed by atoms with van der Waals surface area (Å²) in [6.45, 7) is 1.42. The quantitative estimate of drug-likeness (QED) is 0.590. The molecule has 0 unspecified atom stereocenters. The van der Waals surface area contributed by atoms with Crippen LogP contribution in [0, 0.1) is 5.82 Å². The third-order valence-electron chi connectivity index (χ3n) is 4.82. The van der Waals surface area contributed by atoms with E-state index in [1.165, 1.54) is 15.1 Å². The summed E-state index contributed by atoms with van der Waals surface area (Å²) in [5.74, 6) is -1.02. The Bertz CT molecular complexity index is 1200. The lowest BCUT2D eigenvalue weighted by molar-refractivity contribution is 0.142. The molecule has 0 atom stereocenters. The van der Waals surface area contributed by atoms with Crippen LogP contribution in [0.25, 0.3) is 11.5 Å². The molecule has 0 radical (unpaired) electrons. The maximum absolute atomic E-state index is 13.3. The van der Waals surface area contributed by atoms with E-state index in [1.807, 2.05) is 23.1 Å². The summed E-state index contributed by atoms with van der Waals surface area (Å²) in [6.07, 6.45) is 0. The molecule has 2 aromatic carbocycles. The van der Waals surface area contributed by atoms with E-state index in [0.29, 0.717) is 18.7 Å². The molecule has 3 aromatic rings. The zero-order valence-corrected chi connectivity index (χ0v) is 17.3. The van der Waals surface area contributed by atoms with Gasteiger partial charge < -0.3 is 4.42 Å². The average Bonchev–Trinajstić information content (AvgIpc) is 3.11. The molecule has 0 N–H and O–H groups in total. The van der Waals surface area contributed by atoms with E-state index in [0.717, 1.165) is 12.1 Å². The zero-order chi connectivity index (χ0) is 21.3. The zero-order valence-electron chi connectivity index (χ0n) is 15.7. The Hall–Kier alpha value is -2.53. The molecular formula is C19H18ClFN4O4S. The van der Waals surface area contributed by atoms with E-state index in [4.69, 9.17) is 16.0 Å². The van der Waals surface area contributed by atoms with Crippen molar-refractivity contribution in [1.82, 2.24) is 19.0 Å². The molecular weight excluding hydrogens is 435 g/mol. The van der Waals surface area contributed by atoms with Gasteiger partial charge in [-0.3, -0.25) is 4.90 Å². The summed E-state index contributed by atoms with van der Waals surface area (Å²) >= 11 is 5.72. The molecule has 158 valence electrons. The van der Waals surface area contributed by atoms with Gasteiger partial charge in [0.15, 0.2) is 0 Å². The summed E-state index contributed by atoms with van der Waals surface area (Å²) in [4.78, 5) is 14.0. The van der Waals surface area contributed by atoms with Gasteiger partial charge in [0, 0.05) is 31.7 Å². The molecule has 4 rings (SSSR count). The molecule has 2 heterocycles. The third-order valence-corrected chi connectivity index (χ3v) is 7.01. The number of hydrogen-bond donors (Lipinski definition) is 0. The van der Waals surface area contributed by atoms with Crippen LogP contribution in [-0.2, 0) is 16.7 Å². The molecule has 8 nitrogen and oxygen atoms in total. The largest absolute Gasteiger partial charge is 0.438 e. The van der Waals surface area contributed by atoms with Crippen LogP contribution >= 0.6 is 11.6 Å². The van der Waals surface area contributed by atoms with Gasteiger partial charge in [-0.1, -0.05) is 29.8 Å². The Kier molecular flexibility index (Phi) is 5.74. The Morgan fingerprint density at radius 1 is 1.07 bits per heavy atom. The van der Waals surface area contributed by atoms with Gasteiger partial charge in [0.1, 0.15) is 12.5 Å². The maximum Gasteiger partial charge on any atom is 0.438 e. The van der Waals surface area contributed by atoms with E-state index in [2.05, 4.69) is 5.10 Å².